The molecule has 0 fully saturated rings. The van der Waals surface area contributed by atoms with Crippen LogP contribution in [0.3, 0.4) is 0 Å². The molecule has 8 nitrogen and oxygen atoms in total. The van der Waals surface area contributed by atoms with Crippen LogP contribution in [0.15, 0.2) is 0 Å². The van der Waals surface area contributed by atoms with Gasteiger partial charge in [-0.1, -0.05) is 168 Å². The normalized spacial score (nSPS) is 12.4. The van der Waals surface area contributed by atoms with Crippen LogP contribution in [0, 0.1) is 0 Å². The minimum Gasteiger partial charge on any atom is -0.462 e. The van der Waals surface area contributed by atoms with E-state index in [0.29, 0.717) is 6.42 Å². The quantitative estimate of drug-likeness (QED) is 0.0402. The standard InChI is InChI=1S/C35H69O8P/c1-3-5-7-9-11-13-15-16-17-18-20-22-24-26-28-30-35(37)43-33(32-42-44(38,39)40)31-41-34(36)29-27-25-23-21-19-14-12-10-8-6-4-2/h33H,3-32H2,1-2H3,(H2,38,39,40). The molecule has 0 amide bonds. The number of phosphoric ester groups is 1. The first kappa shape index (κ1) is 43.0. The van der Waals surface area contributed by atoms with Gasteiger partial charge in [-0.25, -0.2) is 4.57 Å². The molecule has 0 aliphatic heterocycles. The number of esters is 2. The molecule has 0 heterocycles. The molecular formula is C35H69O8P. The van der Waals surface area contributed by atoms with E-state index in [0.717, 1.165) is 32.1 Å². The molecular weight excluding hydrogens is 579 g/mol. The molecule has 0 saturated carbocycles. The molecule has 262 valence electrons. The average molecular weight is 649 g/mol. The first-order valence-electron chi connectivity index (χ1n) is 18.3. The van der Waals surface area contributed by atoms with Crippen LogP contribution in [0.4, 0.5) is 0 Å². The molecule has 9 heteroatoms. The van der Waals surface area contributed by atoms with Gasteiger partial charge in [-0.3, -0.25) is 14.1 Å². The maximum absolute atomic E-state index is 12.3. The zero-order valence-electron chi connectivity index (χ0n) is 28.6. The summed E-state index contributed by atoms with van der Waals surface area (Å²) in [6.07, 6.45) is 31.1. The number of hydrogen-bond donors (Lipinski definition) is 2. The monoisotopic (exact) mass is 648 g/mol. The van der Waals surface area contributed by atoms with Crippen LogP contribution in [0.5, 0.6) is 0 Å². The fourth-order valence-electron chi connectivity index (χ4n) is 5.37. The Morgan fingerprint density at radius 2 is 0.818 bits per heavy atom. The summed E-state index contributed by atoms with van der Waals surface area (Å²) in [4.78, 5) is 42.6. The molecule has 2 N–H and O–H groups in total. The summed E-state index contributed by atoms with van der Waals surface area (Å²) in [5.74, 6) is -0.874. The molecule has 1 atom stereocenters. The number of carbonyl (C=O) groups is 2. The van der Waals surface area contributed by atoms with E-state index in [1.54, 1.807) is 0 Å². The SMILES string of the molecule is CCCCCCCCCCCCCCCCCC(=O)OC(COC(=O)CCCCCCCCCCCCC)COP(=O)(O)O. The van der Waals surface area contributed by atoms with Crippen molar-refractivity contribution in [2.75, 3.05) is 13.2 Å². The van der Waals surface area contributed by atoms with Gasteiger partial charge in [-0.05, 0) is 12.8 Å². The van der Waals surface area contributed by atoms with E-state index in [4.69, 9.17) is 19.3 Å². The molecule has 0 aromatic rings. The van der Waals surface area contributed by atoms with E-state index in [9.17, 15) is 14.2 Å². The van der Waals surface area contributed by atoms with Crippen LogP contribution in [-0.4, -0.2) is 41.0 Å². The topological polar surface area (TPSA) is 119 Å². The highest BCUT2D eigenvalue weighted by molar-refractivity contribution is 7.46. The maximum Gasteiger partial charge on any atom is 0.469 e. The lowest BCUT2D eigenvalue weighted by molar-refractivity contribution is -0.161. The number of unbranched alkanes of at least 4 members (excludes halogenated alkanes) is 24. The molecule has 0 radical (unpaired) electrons. The third-order valence-corrected chi connectivity index (χ3v) is 8.61. The highest BCUT2D eigenvalue weighted by Gasteiger charge is 2.22. The van der Waals surface area contributed by atoms with E-state index in [-0.39, 0.29) is 19.4 Å². The minimum absolute atomic E-state index is 0.220. The second-order valence-electron chi connectivity index (χ2n) is 12.6. The first-order valence-corrected chi connectivity index (χ1v) is 19.9. The molecule has 0 aromatic heterocycles. The second kappa shape index (κ2) is 32.0. The lowest BCUT2D eigenvalue weighted by Crippen LogP contribution is -2.29. The number of ether oxygens (including phenoxy) is 2. The average Bonchev–Trinajstić information content (AvgIpc) is 2.98. The van der Waals surface area contributed by atoms with Crippen LogP contribution in [0.1, 0.15) is 194 Å². The largest absolute Gasteiger partial charge is 0.469 e. The summed E-state index contributed by atoms with van der Waals surface area (Å²) in [6, 6.07) is 0. The Hall–Kier alpha value is -0.950. The van der Waals surface area contributed by atoms with Gasteiger partial charge in [0.1, 0.15) is 6.61 Å². The van der Waals surface area contributed by atoms with Crippen molar-refractivity contribution in [3.63, 3.8) is 0 Å². The maximum atomic E-state index is 12.3. The number of phosphoric acid groups is 1. The highest BCUT2D eigenvalue weighted by atomic mass is 31.2. The lowest BCUT2D eigenvalue weighted by Gasteiger charge is -2.18. The van der Waals surface area contributed by atoms with E-state index < -0.39 is 32.5 Å². The van der Waals surface area contributed by atoms with Crippen LogP contribution in [0.2, 0.25) is 0 Å². The molecule has 0 aromatic carbocycles. The zero-order chi connectivity index (χ0) is 32.6. The van der Waals surface area contributed by atoms with Gasteiger partial charge in [0, 0.05) is 12.8 Å². The van der Waals surface area contributed by atoms with Crippen LogP contribution in [-0.2, 0) is 28.2 Å². The third-order valence-electron chi connectivity index (χ3n) is 8.13. The fourth-order valence-corrected chi connectivity index (χ4v) is 5.73. The number of carbonyl (C=O) groups excluding carboxylic acids is 2. The fraction of sp³-hybridized carbons (Fsp3) is 0.943. The van der Waals surface area contributed by atoms with E-state index >= 15 is 0 Å². The van der Waals surface area contributed by atoms with Gasteiger partial charge in [0.15, 0.2) is 6.10 Å². The molecule has 44 heavy (non-hydrogen) atoms. The number of rotatable bonds is 34. The first-order chi connectivity index (χ1) is 21.3. The van der Waals surface area contributed by atoms with Gasteiger partial charge in [0.2, 0.25) is 0 Å². The van der Waals surface area contributed by atoms with Crippen LogP contribution in [0.25, 0.3) is 0 Å². The van der Waals surface area contributed by atoms with Crippen molar-refractivity contribution in [2.24, 2.45) is 0 Å². The minimum atomic E-state index is -4.74. The number of hydrogen-bond acceptors (Lipinski definition) is 6. The van der Waals surface area contributed by atoms with Gasteiger partial charge in [-0.15, -0.1) is 0 Å². The molecule has 0 bridgehead atoms. The van der Waals surface area contributed by atoms with Crippen molar-refractivity contribution in [3.8, 4) is 0 Å². The Morgan fingerprint density at radius 3 is 1.16 bits per heavy atom. The van der Waals surface area contributed by atoms with Gasteiger partial charge in [0.05, 0.1) is 6.61 Å². The van der Waals surface area contributed by atoms with Crippen molar-refractivity contribution in [1.29, 1.82) is 0 Å². The van der Waals surface area contributed by atoms with E-state index in [1.165, 1.54) is 128 Å². The Labute approximate surface area is 270 Å². The van der Waals surface area contributed by atoms with Gasteiger partial charge < -0.3 is 19.3 Å². The summed E-state index contributed by atoms with van der Waals surface area (Å²) in [5, 5.41) is 0. The Balaban J connectivity index is 3.93. The van der Waals surface area contributed by atoms with Gasteiger partial charge in [-0.2, -0.15) is 0 Å². The Kier molecular flexibility index (Phi) is 31.3. The third kappa shape index (κ3) is 33.9. The predicted octanol–water partition coefficient (Wildman–Crippen LogP) is 10.5. The summed E-state index contributed by atoms with van der Waals surface area (Å²) in [6.45, 7) is 3.68. The predicted molar refractivity (Wildman–Crippen MR) is 179 cm³/mol. The molecule has 0 saturated heterocycles. The van der Waals surface area contributed by atoms with Gasteiger partial charge in [0.25, 0.3) is 0 Å². The summed E-state index contributed by atoms with van der Waals surface area (Å²) in [5.41, 5.74) is 0. The molecule has 1 unspecified atom stereocenters. The van der Waals surface area contributed by atoms with Crippen molar-refractivity contribution < 1.29 is 37.9 Å². The zero-order valence-corrected chi connectivity index (χ0v) is 29.5. The molecule has 0 aliphatic carbocycles. The van der Waals surface area contributed by atoms with Crippen LogP contribution >= 0.6 is 7.82 Å². The summed E-state index contributed by atoms with van der Waals surface area (Å²) >= 11 is 0. The smallest absolute Gasteiger partial charge is 0.462 e. The van der Waals surface area contributed by atoms with E-state index in [1.807, 2.05) is 0 Å². The van der Waals surface area contributed by atoms with Crippen molar-refractivity contribution in [3.05, 3.63) is 0 Å². The van der Waals surface area contributed by atoms with Crippen molar-refractivity contribution in [1.82, 2.24) is 0 Å². The molecule has 0 aliphatic rings. The second-order valence-corrected chi connectivity index (χ2v) is 13.8. The van der Waals surface area contributed by atoms with Gasteiger partial charge >= 0.3 is 19.8 Å². The van der Waals surface area contributed by atoms with E-state index in [2.05, 4.69) is 18.4 Å². The summed E-state index contributed by atoms with van der Waals surface area (Å²) < 4.78 is 26.3. The Bertz CT molecular complexity index is 696. The summed E-state index contributed by atoms with van der Waals surface area (Å²) in [7, 11) is -4.74. The lowest BCUT2D eigenvalue weighted by atomic mass is 10.0. The molecule has 0 rings (SSSR count). The molecule has 0 spiro atoms. The van der Waals surface area contributed by atoms with Crippen molar-refractivity contribution in [2.45, 2.75) is 200 Å². The van der Waals surface area contributed by atoms with Crippen LogP contribution < -0.4 is 0 Å². The van der Waals surface area contributed by atoms with Crippen molar-refractivity contribution >= 4 is 19.8 Å². The Morgan fingerprint density at radius 1 is 0.500 bits per heavy atom. The highest BCUT2D eigenvalue weighted by Crippen LogP contribution is 2.36.